The molecule has 1 saturated heterocycles. The molecule has 1 aliphatic rings. The van der Waals surface area contributed by atoms with E-state index in [4.69, 9.17) is 9.47 Å². The molecule has 0 aromatic carbocycles. The third-order valence-corrected chi connectivity index (χ3v) is 22.3. The zero-order valence-electron chi connectivity index (χ0n) is 15.2. The van der Waals surface area contributed by atoms with Gasteiger partial charge in [-0.15, -0.1) is 0 Å². The summed E-state index contributed by atoms with van der Waals surface area (Å²) in [5, 5.41) is 2.30. The topological polar surface area (TPSA) is 18.5 Å². The van der Waals surface area contributed by atoms with Crippen LogP contribution in [0.3, 0.4) is 0 Å². The summed E-state index contributed by atoms with van der Waals surface area (Å²) in [7, 11) is 0. The third-order valence-electron chi connectivity index (χ3n) is 5.13. The quantitative estimate of drug-likeness (QED) is 0.398. The van der Waals surface area contributed by atoms with E-state index < -0.39 is 18.4 Å². The molecule has 1 aromatic rings. The Kier molecular flexibility index (Phi) is 8.94. The van der Waals surface area contributed by atoms with E-state index in [-0.39, 0.29) is 6.29 Å². The van der Waals surface area contributed by atoms with Gasteiger partial charge in [0, 0.05) is 0 Å². The second kappa shape index (κ2) is 10.4. The molecule has 0 unspecified atom stereocenters. The average molecular weight is 445 g/mol. The second-order valence-corrected chi connectivity index (χ2v) is 20.9. The summed E-state index contributed by atoms with van der Waals surface area (Å²) in [5.74, 6) is 0. The Morgan fingerprint density at radius 3 is 1.96 bits per heavy atom. The molecule has 0 bridgehead atoms. The predicted octanol–water partition coefficient (Wildman–Crippen LogP) is 5.85. The Labute approximate surface area is 150 Å². The van der Waals surface area contributed by atoms with E-state index in [1.54, 1.807) is 3.58 Å². The first-order chi connectivity index (χ1) is 11.3. The maximum absolute atomic E-state index is 5.87. The molecule has 2 nitrogen and oxygen atoms in total. The fourth-order valence-electron chi connectivity index (χ4n) is 3.78. The van der Waals surface area contributed by atoms with Crippen LogP contribution in [0.2, 0.25) is 13.3 Å². The van der Waals surface area contributed by atoms with Gasteiger partial charge >= 0.3 is 151 Å². The zero-order chi connectivity index (χ0) is 16.5. The molecule has 132 valence electrons. The van der Waals surface area contributed by atoms with Crippen molar-refractivity contribution in [2.75, 3.05) is 13.2 Å². The van der Waals surface area contributed by atoms with Crippen LogP contribution in [0.25, 0.3) is 0 Å². The van der Waals surface area contributed by atoms with Crippen LogP contribution in [0.5, 0.6) is 0 Å². The van der Waals surface area contributed by atoms with Crippen LogP contribution >= 0.6 is 11.3 Å². The minimum absolute atomic E-state index is 0.0639. The van der Waals surface area contributed by atoms with Crippen molar-refractivity contribution in [3.05, 3.63) is 16.3 Å². The van der Waals surface area contributed by atoms with Gasteiger partial charge in [-0.25, -0.2) is 0 Å². The van der Waals surface area contributed by atoms with E-state index in [2.05, 4.69) is 32.2 Å². The molecule has 0 aliphatic carbocycles. The Balaban J connectivity index is 2.31. The standard InChI is InChI=1S/C7H7O2S.3C4H9.Sn/c1-2-6(10-5-1)7-8-3-4-9-7;3*1-3-4-2;/h1,5,7H,3-4H2;3*1,3-4H2,2H3;. The molecule has 0 N–H and O–H groups in total. The fraction of sp³-hybridized carbons (Fsp3) is 0.789. The second-order valence-electron chi connectivity index (χ2n) is 6.86. The van der Waals surface area contributed by atoms with Gasteiger partial charge < -0.3 is 0 Å². The summed E-state index contributed by atoms with van der Waals surface area (Å²) in [6, 6.07) is 2.46. The van der Waals surface area contributed by atoms with Gasteiger partial charge in [-0.3, -0.25) is 0 Å². The molecule has 0 atom stereocenters. The number of unbranched alkanes of at least 4 members (excludes halogenated alkanes) is 3. The van der Waals surface area contributed by atoms with Gasteiger partial charge in [0.05, 0.1) is 0 Å². The number of ether oxygens (including phenoxy) is 2. The monoisotopic (exact) mass is 446 g/mol. The molecule has 1 aliphatic heterocycles. The van der Waals surface area contributed by atoms with E-state index in [0.29, 0.717) is 0 Å². The van der Waals surface area contributed by atoms with Crippen LogP contribution in [0.15, 0.2) is 11.4 Å². The predicted molar refractivity (Wildman–Crippen MR) is 103 cm³/mol. The van der Waals surface area contributed by atoms with Crippen LogP contribution in [-0.4, -0.2) is 31.6 Å². The molecule has 2 rings (SSSR count). The van der Waals surface area contributed by atoms with Crippen molar-refractivity contribution < 1.29 is 9.47 Å². The molecule has 0 spiro atoms. The van der Waals surface area contributed by atoms with Gasteiger partial charge in [-0.05, 0) is 0 Å². The van der Waals surface area contributed by atoms with E-state index in [9.17, 15) is 0 Å². The van der Waals surface area contributed by atoms with Crippen molar-refractivity contribution in [3.63, 3.8) is 0 Å². The Morgan fingerprint density at radius 1 is 0.957 bits per heavy atom. The van der Waals surface area contributed by atoms with Gasteiger partial charge in [-0.1, -0.05) is 0 Å². The maximum atomic E-state index is 5.87. The van der Waals surface area contributed by atoms with Crippen LogP contribution in [-0.2, 0) is 9.47 Å². The Hall–Kier alpha value is 0.419. The van der Waals surface area contributed by atoms with E-state index in [0.717, 1.165) is 13.2 Å². The molecule has 0 saturated carbocycles. The molecular weight excluding hydrogens is 411 g/mol. The summed E-state index contributed by atoms with van der Waals surface area (Å²) < 4.78 is 18.0. The van der Waals surface area contributed by atoms with Crippen LogP contribution in [0, 0.1) is 0 Å². The summed E-state index contributed by atoms with van der Waals surface area (Å²) in [6.45, 7) is 8.53. The van der Waals surface area contributed by atoms with E-state index >= 15 is 0 Å². The molecule has 23 heavy (non-hydrogen) atoms. The van der Waals surface area contributed by atoms with Crippen LogP contribution in [0.4, 0.5) is 0 Å². The van der Waals surface area contributed by atoms with Crippen molar-refractivity contribution in [2.24, 2.45) is 0 Å². The molecule has 2 heterocycles. The van der Waals surface area contributed by atoms with Crippen molar-refractivity contribution in [1.82, 2.24) is 0 Å². The zero-order valence-corrected chi connectivity index (χ0v) is 18.9. The number of hydrogen-bond donors (Lipinski definition) is 0. The van der Waals surface area contributed by atoms with Crippen molar-refractivity contribution in [2.45, 2.75) is 78.9 Å². The number of rotatable bonds is 11. The minimum atomic E-state index is -2.35. The van der Waals surface area contributed by atoms with Crippen LogP contribution in [0.1, 0.15) is 70.5 Å². The molecule has 0 radical (unpaired) electrons. The number of thiophene rings is 1. The van der Waals surface area contributed by atoms with Gasteiger partial charge in [-0.2, -0.15) is 0 Å². The first-order valence-corrected chi connectivity index (χ1v) is 17.9. The molecular formula is C19H34O2SSn. The SMILES string of the molecule is CCC[CH2][Sn]([CH2]CCC)([CH2]CCC)[c]1ccsc1C1OCCO1. The Morgan fingerprint density at radius 2 is 1.48 bits per heavy atom. The molecule has 4 heteroatoms. The summed E-state index contributed by atoms with van der Waals surface area (Å²) >= 11 is -0.474. The van der Waals surface area contributed by atoms with E-state index in [1.165, 1.54) is 56.7 Å². The number of hydrogen-bond acceptors (Lipinski definition) is 3. The first kappa shape index (κ1) is 19.7. The van der Waals surface area contributed by atoms with Gasteiger partial charge in [0.15, 0.2) is 0 Å². The molecule has 1 aromatic heterocycles. The summed E-state index contributed by atoms with van der Waals surface area (Å²) in [6.07, 6.45) is 8.14. The van der Waals surface area contributed by atoms with Crippen molar-refractivity contribution in [1.29, 1.82) is 0 Å². The molecule has 1 fully saturated rings. The Bertz CT molecular complexity index is 419. The van der Waals surface area contributed by atoms with Crippen molar-refractivity contribution in [3.8, 4) is 0 Å². The van der Waals surface area contributed by atoms with Gasteiger partial charge in [0.1, 0.15) is 0 Å². The van der Waals surface area contributed by atoms with Gasteiger partial charge in [0.2, 0.25) is 0 Å². The van der Waals surface area contributed by atoms with Crippen molar-refractivity contribution >= 4 is 33.3 Å². The van der Waals surface area contributed by atoms with E-state index in [1.807, 2.05) is 11.3 Å². The third kappa shape index (κ3) is 5.19. The average Bonchev–Trinajstić information content (AvgIpc) is 3.25. The summed E-state index contributed by atoms with van der Waals surface area (Å²) in [5.41, 5.74) is 0. The molecule has 0 amide bonds. The fourth-order valence-corrected chi connectivity index (χ4v) is 23.2. The van der Waals surface area contributed by atoms with Gasteiger partial charge in [0.25, 0.3) is 0 Å². The van der Waals surface area contributed by atoms with Crippen LogP contribution < -0.4 is 3.58 Å². The first-order valence-electron chi connectivity index (χ1n) is 9.58. The summed E-state index contributed by atoms with van der Waals surface area (Å²) in [4.78, 5) is 1.43. The normalized spacial score (nSPS) is 16.3.